The molecule has 0 aromatic carbocycles. The number of aromatic amines is 1. The first-order chi connectivity index (χ1) is 5.65. The van der Waals surface area contributed by atoms with Gasteiger partial charge < -0.3 is 10.7 Å². The zero-order chi connectivity index (χ0) is 9.14. The molecule has 0 unspecified atom stereocenters. The molecule has 0 amide bonds. The van der Waals surface area contributed by atoms with Crippen molar-refractivity contribution in [2.45, 2.75) is 26.3 Å². The van der Waals surface area contributed by atoms with Crippen molar-refractivity contribution in [3.63, 3.8) is 0 Å². The summed E-state index contributed by atoms with van der Waals surface area (Å²) in [4.78, 5) is 13.6. The number of rotatable bonds is 2. The van der Waals surface area contributed by atoms with Gasteiger partial charge in [0.05, 0.1) is 0 Å². The first kappa shape index (κ1) is 9.00. The zero-order valence-corrected chi connectivity index (χ0v) is 7.42. The zero-order valence-electron chi connectivity index (χ0n) is 7.42. The number of hydrogen-bond donors (Lipinski definition) is 2. The molecule has 1 aromatic rings. The summed E-state index contributed by atoms with van der Waals surface area (Å²) in [5.74, 6) is 0. The monoisotopic (exact) mass is 166 g/mol. The lowest BCUT2D eigenvalue weighted by molar-refractivity contribution is 0.688. The summed E-state index contributed by atoms with van der Waals surface area (Å²) in [6, 6.07) is 3.34. The molecule has 0 aliphatic carbocycles. The van der Waals surface area contributed by atoms with Crippen LogP contribution < -0.4 is 11.3 Å². The Balaban J connectivity index is 3.09. The van der Waals surface area contributed by atoms with E-state index in [1.54, 1.807) is 6.07 Å². The first-order valence-electron chi connectivity index (χ1n) is 4.10. The number of aryl methyl sites for hydroxylation is 1. The molecule has 0 fully saturated rings. The molecule has 0 saturated heterocycles. The van der Waals surface area contributed by atoms with Gasteiger partial charge in [-0.15, -0.1) is 0 Å². The van der Waals surface area contributed by atoms with Gasteiger partial charge in [-0.3, -0.25) is 4.79 Å². The SMILES string of the molecule is CC[C@@H](N)c1ccc(=O)[nH]c1C. The topological polar surface area (TPSA) is 58.9 Å². The van der Waals surface area contributed by atoms with Gasteiger partial charge in [0, 0.05) is 17.8 Å². The fourth-order valence-corrected chi connectivity index (χ4v) is 1.21. The van der Waals surface area contributed by atoms with Gasteiger partial charge in [0.15, 0.2) is 0 Å². The molecule has 0 aliphatic rings. The molecule has 3 heteroatoms. The van der Waals surface area contributed by atoms with E-state index in [9.17, 15) is 4.79 Å². The number of nitrogens with one attached hydrogen (secondary N) is 1. The molecule has 12 heavy (non-hydrogen) atoms. The van der Waals surface area contributed by atoms with Crippen LogP contribution in [0.1, 0.15) is 30.6 Å². The van der Waals surface area contributed by atoms with E-state index < -0.39 is 0 Å². The van der Waals surface area contributed by atoms with Crippen LogP contribution >= 0.6 is 0 Å². The summed E-state index contributed by atoms with van der Waals surface area (Å²) in [6.45, 7) is 3.89. The third kappa shape index (κ3) is 1.74. The van der Waals surface area contributed by atoms with Crippen LogP contribution in [0.4, 0.5) is 0 Å². The Morgan fingerprint density at radius 1 is 1.58 bits per heavy atom. The lowest BCUT2D eigenvalue weighted by atomic mass is 10.0. The highest BCUT2D eigenvalue weighted by Crippen LogP contribution is 2.14. The minimum atomic E-state index is -0.0699. The summed E-state index contributed by atoms with van der Waals surface area (Å²) >= 11 is 0. The van der Waals surface area contributed by atoms with Crippen LogP contribution in [0.2, 0.25) is 0 Å². The molecule has 1 heterocycles. The Bertz CT molecular complexity index is 317. The largest absolute Gasteiger partial charge is 0.326 e. The molecular formula is C9H14N2O. The van der Waals surface area contributed by atoms with Crippen LogP contribution in [0, 0.1) is 6.92 Å². The minimum Gasteiger partial charge on any atom is -0.326 e. The van der Waals surface area contributed by atoms with Gasteiger partial charge in [0.1, 0.15) is 0 Å². The van der Waals surface area contributed by atoms with Crippen LogP contribution in [0.5, 0.6) is 0 Å². The van der Waals surface area contributed by atoms with E-state index in [-0.39, 0.29) is 11.6 Å². The van der Waals surface area contributed by atoms with E-state index in [0.717, 1.165) is 17.7 Å². The number of pyridine rings is 1. The van der Waals surface area contributed by atoms with Gasteiger partial charge in [-0.05, 0) is 18.9 Å². The lowest BCUT2D eigenvalue weighted by Crippen LogP contribution is -2.15. The smallest absolute Gasteiger partial charge is 0.248 e. The maximum absolute atomic E-state index is 10.9. The van der Waals surface area contributed by atoms with Gasteiger partial charge in [-0.1, -0.05) is 13.0 Å². The molecule has 1 aromatic heterocycles. The summed E-state index contributed by atoms with van der Waals surface area (Å²) < 4.78 is 0. The molecule has 3 N–H and O–H groups in total. The van der Waals surface area contributed by atoms with Gasteiger partial charge in [-0.25, -0.2) is 0 Å². The van der Waals surface area contributed by atoms with Crippen LogP contribution in [0.25, 0.3) is 0 Å². The Morgan fingerprint density at radius 3 is 2.75 bits per heavy atom. The van der Waals surface area contributed by atoms with Crippen LogP contribution in [-0.4, -0.2) is 4.98 Å². The Labute approximate surface area is 71.6 Å². The molecule has 0 aliphatic heterocycles. The van der Waals surface area contributed by atoms with Crippen molar-refractivity contribution in [3.8, 4) is 0 Å². The minimum absolute atomic E-state index is 0.0295. The second-order valence-electron chi connectivity index (χ2n) is 2.92. The van der Waals surface area contributed by atoms with Gasteiger partial charge in [0.2, 0.25) is 5.56 Å². The van der Waals surface area contributed by atoms with Crippen LogP contribution in [-0.2, 0) is 0 Å². The molecule has 0 saturated carbocycles. The Kier molecular flexibility index (Phi) is 2.65. The van der Waals surface area contributed by atoms with Crippen molar-refractivity contribution in [2.75, 3.05) is 0 Å². The average molecular weight is 166 g/mol. The highest BCUT2D eigenvalue weighted by molar-refractivity contribution is 5.21. The fourth-order valence-electron chi connectivity index (χ4n) is 1.21. The van der Waals surface area contributed by atoms with E-state index in [4.69, 9.17) is 5.73 Å². The highest BCUT2D eigenvalue weighted by atomic mass is 16.1. The van der Waals surface area contributed by atoms with E-state index >= 15 is 0 Å². The average Bonchev–Trinajstić information content (AvgIpc) is 2.03. The lowest BCUT2D eigenvalue weighted by Gasteiger charge is -2.10. The molecule has 3 nitrogen and oxygen atoms in total. The predicted octanol–water partition coefficient (Wildman–Crippen LogP) is 1.09. The maximum atomic E-state index is 10.9. The fraction of sp³-hybridized carbons (Fsp3) is 0.444. The molecule has 1 rings (SSSR count). The van der Waals surface area contributed by atoms with E-state index in [1.807, 2.05) is 13.8 Å². The van der Waals surface area contributed by atoms with Crippen LogP contribution in [0.15, 0.2) is 16.9 Å². The predicted molar refractivity (Wildman–Crippen MR) is 49.0 cm³/mol. The Hall–Kier alpha value is -1.09. The third-order valence-electron chi connectivity index (χ3n) is 2.00. The van der Waals surface area contributed by atoms with Gasteiger partial charge in [-0.2, -0.15) is 0 Å². The van der Waals surface area contributed by atoms with Crippen molar-refractivity contribution in [1.29, 1.82) is 0 Å². The molecule has 0 spiro atoms. The van der Waals surface area contributed by atoms with Crippen LogP contribution in [0.3, 0.4) is 0 Å². The van der Waals surface area contributed by atoms with Gasteiger partial charge in [0.25, 0.3) is 0 Å². The molecular weight excluding hydrogens is 152 g/mol. The number of hydrogen-bond acceptors (Lipinski definition) is 2. The van der Waals surface area contributed by atoms with E-state index in [1.165, 1.54) is 6.07 Å². The number of aromatic nitrogens is 1. The summed E-state index contributed by atoms with van der Waals surface area (Å²) in [7, 11) is 0. The summed E-state index contributed by atoms with van der Waals surface area (Å²) in [5.41, 5.74) is 7.65. The second kappa shape index (κ2) is 3.54. The number of H-pyrrole nitrogens is 1. The molecule has 1 atom stereocenters. The summed E-state index contributed by atoms with van der Waals surface area (Å²) in [5, 5.41) is 0. The second-order valence-corrected chi connectivity index (χ2v) is 2.92. The van der Waals surface area contributed by atoms with Crippen molar-refractivity contribution >= 4 is 0 Å². The normalized spacial score (nSPS) is 12.9. The highest BCUT2D eigenvalue weighted by Gasteiger charge is 2.05. The molecule has 0 bridgehead atoms. The van der Waals surface area contributed by atoms with E-state index in [0.29, 0.717) is 0 Å². The quantitative estimate of drug-likeness (QED) is 0.691. The van der Waals surface area contributed by atoms with Crippen molar-refractivity contribution in [1.82, 2.24) is 4.98 Å². The molecule has 0 radical (unpaired) electrons. The summed E-state index contributed by atoms with van der Waals surface area (Å²) in [6.07, 6.45) is 0.882. The standard InChI is InChI=1S/C9H14N2O/c1-3-8(10)7-4-5-9(12)11-6(7)2/h4-5,8H,3,10H2,1-2H3,(H,11,12)/t8-/m1/s1. The van der Waals surface area contributed by atoms with Crippen molar-refractivity contribution in [2.24, 2.45) is 5.73 Å². The molecule has 66 valence electrons. The van der Waals surface area contributed by atoms with Crippen molar-refractivity contribution < 1.29 is 0 Å². The Morgan fingerprint density at radius 2 is 2.25 bits per heavy atom. The number of nitrogens with two attached hydrogens (primary N) is 1. The third-order valence-corrected chi connectivity index (χ3v) is 2.00. The van der Waals surface area contributed by atoms with Gasteiger partial charge >= 0.3 is 0 Å². The van der Waals surface area contributed by atoms with E-state index in [2.05, 4.69) is 4.98 Å². The maximum Gasteiger partial charge on any atom is 0.248 e. The first-order valence-corrected chi connectivity index (χ1v) is 4.10. The van der Waals surface area contributed by atoms with Crippen molar-refractivity contribution in [3.05, 3.63) is 33.7 Å².